The van der Waals surface area contributed by atoms with Gasteiger partial charge in [-0.05, 0) is 45.3 Å². The van der Waals surface area contributed by atoms with Crippen LogP contribution in [-0.2, 0) is 9.53 Å². The predicted molar refractivity (Wildman–Crippen MR) is 108 cm³/mol. The van der Waals surface area contributed by atoms with Gasteiger partial charge < -0.3 is 15.8 Å². The molecule has 3 unspecified atom stereocenters. The first kappa shape index (κ1) is 20.3. The van der Waals surface area contributed by atoms with Crippen LogP contribution in [0.2, 0.25) is 0 Å². The predicted octanol–water partition coefficient (Wildman–Crippen LogP) is 2.78. The largest absolute Gasteiger partial charge is 0.378 e. The number of carbonyl (C=O) groups is 1. The molecule has 5 nitrogen and oxygen atoms in total. The van der Waals surface area contributed by atoms with Crippen molar-refractivity contribution < 1.29 is 9.53 Å². The number of nitrogens with zero attached hydrogens (tertiary/aromatic N) is 1. The first-order chi connectivity index (χ1) is 12.8. The highest BCUT2D eigenvalue weighted by Gasteiger charge is 2.62. The standard InChI is InChI=1S/C22H35N3O2/c1-5-27-19-14-22(23,21(19,3)4)20(26)24-15-18(25-12-6-7-13-25)17-10-8-16(2)9-11-17/h8-11,18-19H,5-7,12-15,23H2,1-4H3,(H,24,26). The summed E-state index contributed by atoms with van der Waals surface area (Å²) < 4.78 is 5.76. The Morgan fingerprint density at radius 2 is 1.93 bits per heavy atom. The van der Waals surface area contributed by atoms with Crippen LogP contribution in [0.4, 0.5) is 0 Å². The average molecular weight is 374 g/mol. The molecule has 1 aromatic rings. The number of ether oxygens (including phenoxy) is 1. The van der Waals surface area contributed by atoms with Gasteiger partial charge in [-0.15, -0.1) is 0 Å². The van der Waals surface area contributed by atoms with E-state index in [1.807, 2.05) is 20.8 Å². The monoisotopic (exact) mass is 373 g/mol. The summed E-state index contributed by atoms with van der Waals surface area (Å²) in [7, 11) is 0. The lowest BCUT2D eigenvalue weighted by molar-refractivity contribution is -0.170. The van der Waals surface area contributed by atoms with Gasteiger partial charge in [-0.3, -0.25) is 9.69 Å². The zero-order valence-electron chi connectivity index (χ0n) is 17.3. The Balaban J connectivity index is 1.68. The quantitative estimate of drug-likeness (QED) is 0.771. The summed E-state index contributed by atoms with van der Waals surface area (Å²) in [5.74, 6) is -0.0558. The Kier molecular flexibility index (Phi) is 5.94. The van der Waals surface area contributed by atoms with E-state index in [0.29, 0.717) is 19.6 Å². The smallest absolute Gasteiger partial charge is 0.240 e. The SMILES string of the molecule is CCOC1CC(N)(C(=O)NCC(c2ccc(C)cc2)N2CCCC2)C1(C)C. The Morgan fingerprint density at radius 3 is 2.48 bits per heavy atom. The minimum Gasteiger partial charge on any atom is -0.378 e. The van der Waals surface area contributed by atoms with Crippen LogP contribution >= 0.6 is 0 Å². The second-order valence-corrected chi connectivity index (χ2v) is 8.72. The molecule has 27 heavy (non-hydrogen) atoms. The molecule has 3 N–H and O–H groups in total. The van der Waals surface area contributed by atoms with Crippen molar-refractivity contribution in [2.75, 3.05) is 26.2 Å². The molecule has 1 aliphatic heterocycles. The Hall–Kier alpha value is -1.43. The molecule has 2 aliphatic rings. The second kappa shape index (κ2) is 7.90. The summed E-state index contributed by atoms with van der Waals surface area (Å²) in [6.45, 7) is 11.6. The minimum atomic E-state index is -0.865. The highest BCUT2D eigenvalue weighted by Crippen LogP contribution is 2.49. The van der Waals surface area contributed by atoms with E-state index in [2.05, 4.69) is 41.4 Å². The summed E-state index contributed by atoms with van der Waals surface area (Å²) >= 11 is 0. The average Bonchev–Trinajstić information content (AvgIpc) is 3.17. The third-order valence-electron chi connectivity index (χ3n) is 6.73. The zero-order valence-corrected chi connectivity index (χ0v) is 17.3. The topological polar surface area (TPSA) is 67.6 Å². The number of nitrogens with one attached hydrogen (secondary N) is 1. The highest BCUT2D eigenvalue weighted by molar-refractivity contribution is 5.88. The molecule has 5 heteroatoms. The summed E-state index contributed by atoms with van der Waals surface area (Å²) in [5, 5.41) is 3.17. The van der Waals surface area contributed by atoms with Crippen molar-refractivity contribution in [1.29, 1.82) is 0 Å². The number of hydrogen-bond donors (Lipinski definition) is 2. The van der Waals surface area contributed by atoms with Crippen molar-refractivity contribution in [3.05, 3.63) is 35.4 Å². The van der Waals surface area contributed by atoms with Crippen LogP contribution < -0.4 is 11.1 Å². The van der Waals surface area contributed by atoms with Gasteiger partial charge in [0.25, 0.3) is 0 Å². The van der Waals surface area contributed by atoms with Gasteiger partial charge in [0.15, 0.2) is 0 Å². The molecular weight excluding hydrogens is 338 g/mol. The lowest BCUT2D eigenvalue weighted by Crippen LogP contribution is -2.76. The van der Waals surface area contributed by atoms with Gasteiger partial charge in [0.1, 0.15) is 5.54 Å². The summed E-state index contributed by atoms with van der Waals surface area (Å²) in [4.78, 5) is 15.5. The number of nitrogens with two attached hydrogens (primary N) is 1. The second-order valence-electron chi connectivity index (χ2n) is 8.72. The molecule has 3 rings (SSSR count). The molecule has 0 radical (unpaired) electrons. The number of rotatable bonds is 7. The molecule has 0 bridgehead atoms. The van der Waals surface area contributed by atoms with Crippen LogP contribution in [0.3, 0.4) is 0 Å². The molecule has 2 fully saturated rings. The van der Waals surface area contributed by atoms with E-state index >= 15 is 0 Å². The number of aryl methyl sites for hydroxylation is 1. The summed E-state index contributed by atoms with van der Waals surface area (Å²) in [6, 6.07) is 8.85. The molecular formula is C22H35N3O2. The van der Waals surface area contributed by atoms with Gasteiger partial charge in [-0.25, -0.2) is 0 Å². The molecule has 1 saturated heterocycles. The fourth-order valence-corrected chi connectivity index (χ4v) is 4.47. The van der Waals surface area contributed by atoms with E-state index in [0.717, 1.165) is 13.1 Å². The molecule has 3 atom stereocenters. The van der Waals surface area contributed by atoms with E-state index in [1.54, 1.807) is 0 Å². The van der Waals surface area contributed by atoms with Gasteiger partial charge in [-0.1, -0.05) is 43.7 Å². The van der Waals surface area contributed by atoms with Crippen LogP contribution in [0.5, 0.6) is 0 Å². The first-order valence-electron chi connectivity index (χ1n) is 10.3. The molecule has 1 aliphatic carbocycles. The van der Waals surface area contributed by atoms with Crippen molar-refractivity contribution in [2.45, 2.75) is 64.6 Å². The molecule has 0 aromatic heterocycles. The Labute approximate surface area is 163 Å². The number of likely N-dealkylation sites (tertiary alicyclic amines) is 1. The fraction of sp³-hybridized carbons (Fsp3) is 0.682. The first-order valence-corrected chi connectivity index (χ1v) is 10.3. The summed E-state index contributed by atoms with van der Waals surface area (Å²) in [5.41, 5.74) is 7.82. The van der Waals surface area contributed by atoms with Gasteiger partial charge >= 0.3 is 0 Å². The maximum atomic E-state index is 13.0. The lowest BCUT2D eigenvalue weighted by Gasteiger charge is -2.57. The third kappa shape index (κ3) is 3.78. The van der Waals surface area contributed by atoms with Crippen LogP contribution in [0.1, 0.15) is 57.2 Å². The summed E-state index contributed by atoms with van der Waals surface area (Å²) in [6.07, 6.45) is 3.07. The van der Waals surface area contributed by atoms with Crippen molar-refractivity contribution >= 4 is 5.91 Å². The van der Waals surface area contributed by atoms with Crippen LogP contribution in [0.25, 0.3) is 0 Å². The molecule has 150 valence electrons. The van der Waals surface area contributed by atoms with E-state index in [1.165, 1.54) is 24.0 Å². The molecule has 1 saturated carbocycles. The van der Waals surface area contributed by atoms with Crippen molar-refractivity contribution in [3.63, 3.8) is 0 Å². The van der Waals surface area contributed by atoms with Gasteiger partial charge in [0.05, 0.1) is 12.1 Å². The van der Waals surface area contributed by atoms with E-state index < -0.39 is 5.54 Å². The van der Waals surface area contributed by atoms with Crippen molar-refractivity contribution in [3.8, 4) is 0 Å². The Morgan fingerprint density at radius 1 is 1.30 bits per heavy atom. The normalized spacial score (nSPS) is 28.6. The highest BCUT2D eigenvalue weighted by atomic mass is 16.5. The Bertz CT molecular complexity index is 652. The third-order valence-corrected chi connectivity index (χ3v) is 6.73. The van der Waals surface area contributed by atoms with Crippen molar-refractivity contribution in [2.24, 2.45) is 11.1 Å². The van der Waals surface area contributed by atoms with Gasteiger partial charge in [-0.2, -0.15) is 0 Å². The lowest BCUT2D eigenvalue weighted by atomic mass is 9.54. The van der Waals surface area contributed by atoms with Gasteiger partial charge in [0.2, 0.25) is 5.91 Å². The minimum absolute atomic E-state index is 0.0460. The zero-order chi connectivity index (χ0) is 19.7. The number of carbonyl (C=O) groups excluding carboxylic acids is 1. The van der Waals surface area contributed by atoms with E-state index in [-0.39, 0.29) is 23.5 Å². The maximum absolute atomic E-state index is 13.0. The fourth-order valence-electron chi connectivity index (χ4n) is 4.47. The molecule has 0 spiro atoms. The van der Waals surface area contributed by atoms with Crippen LogP contribution in [0, 0.1) is 12.3 Å². The maximum Gasteiger partial charge on any atom is 0.240 e. The number of hydrogen-bond acceptors (Lipinski definition) is 4. The van der Waals surface area contributed by atoms with Gasteiger partial charge in [0, 0.05) is 25.0 Å². The van der Waals surface area contributed by atoms with E-state index in [9.17, 15) is 4.79 Å². The molecule has 1 heterocycles. The van der Waals surface area contributed by atoms with Crippen LogP contribution in [-0.4, -0.2) is 48.7 Å². The number of amides is 1. The molecule has 1 amide bonds. The van der Waals surface area contributed by atoms with E-state index in [4.69, 9.17) is 10.5 Å². The molecule has 1 aromatic carbocycles. The van der Waals surface area contributed by atoms with Crippen molar-refractivity contribution in [1.82, 2.24) is 10.2 Å². The number of benzene rings is 1. The van der Waals surface area contributed by atoms with Crippen LogP contribution in [0.15, 0.2) is 24.3 Å².